The Hall–Kier alpha value is -2.00. The van der Waals surface area contributed by atoms with Crippen molar-refractivity contribution in [3.8, 4) is 11.5 Å². The number of benzene rings is 2. The number of methoxy groups -OCH3 is 2. The molecule has 2 aromatic rings. The lowest BCUT2D eigenvalue weighted by Crippen LogP contribution is -2.28. The first-order chi connectivity index (χ1) is 13.1. The van der Waals surface area contributed by atoms with Crippen LogP contribution in [-0.2, 0) is 4.79 Å². The van der Waals surface area contributed by atoms with Gasteiger partial charge in [0.1, 0.15) is 0 Å². The number of carbonyl (C=O) groups is 1. The van der Waals surface area contributed by atoms with Gasteiger partial charge < -0.3 is 9.47 Å². The molecule has 1 fully saturated rings. The van der Waals surface area contributed by atoms with E-state index in [0.29, 0.717) is 28.1 Å². The molecule has 5 nitrogen and oxygen atoms in total. The average molecular weight is 494 g/mol. The van der Waals surface area contributed by atoms with E-state index in [1.54, 1.807) is 19.1 Å². The number of rotatable bonds is 5. The topological polar surface area (TPSA) is 51.1 Å². The molecule has 0 spiro atoms. The van der Waals surface area contributed by atoms with Crippen molar-refractivity contribution in [1.82, 2.24) is 4.90 Å². The highest BCUT2D eigenvalue weighted by Gasteiger charge is 2.32. The molecule has 1 heterocycles. The van der Waals surface area contributed by atoms with Crippen LogP contribution in [-0.4, -0.2) is 36.7 Å². The third-order valence-electron chi connectivity index (χ3n) is 3.94. The summed E-state index contributed by atoms with van der Waals surface area (Å²) in [6.07, 6.45) is 1.87. The summed E-state index contributed by atoms with van der Waals surface area (Å²) in [4.78, 5) is 19.8. The molecule has 0 aromatic heterocycles. The Morgan fingerprint density at radius 2 is 1.93 bits per heavy atom. The number of amidine groups is 1. The number of amides is 1. The fourth-order valence-electron chi connectivity index (χ4n) is 2.66. The summed E-state index contributed by atoms with van der Waals surface area (Å²) in [7, 11) is 3.21. The molecule has 0 unspecified atom stereocenters. The Balaban J connectivity index is 1.97. The van der Waals surface area contributed by atoms with Crippen molar-refractivity contribution in [3.63, 3.8) is 0 Å². The molecule has 1 aliphatic heterocycles. The average Bonchev–Trinajstić information content (AvgIpc) is 2.96. The summed E-state index contributed by atoms with van der Waals surface area (Å²) in [5, 5.41) is 0.690. The Kier molecular flexibility index (Phi) is 6.43. The van der Waals surface area contributed by atoms with Crippen molar-refractivity contribution in [3.05, 3.63) is 56.5 Å². The van der Waals surface area contributed by atoms with Gasteiger partial charge in [0, 0.05) is 6.54 Å². The predicted molar refractivity (Wildman–Crippen MR) is 119 cm³/mol. The van der Waals surface area contributed by atoms with Crippen molar-refractivity contribution in [1.29, 1.82) is 0 Å². The highest BCUT2D eigenvalue weighted by molar-refractivity contribution is 14.1. The minimum atomic E-state index is -0.0398. The van der Waals surface area contributed by atoms with Crippen LogP contribution in [0.25, 0.3) is 6.08 Å². The number of ether oxygens (including phenoxy) is 2. The molecule has 0 bridgehead atoms. The van der Waals surface area contributed by atoms with Gasteiger partial charge in [-0.1, -0.05) is 18.2 Å². The van der Waals surface area contributed by atoms with Crippen molar-refractivity contribution in [2.75, 3.05) is 20.8 Å². The largest absolute Gasteiger partial charge is 0.493 e. The van der Waals surface area contributed by atoms with Crippen LogP contribution < -0.4 is 9.47 Å². The fourth-order valence-corrected chi connectivity index (χ4v) is 4.56. The predicted octanol–water partition coefficient (Wildman–Crippen LogP) is 4.93. The summed E-state index contributed by atoms with van der Waals surface area (Å²) in [6, 6.07) is 13.5. The molecule has 0 atom stereocenters. The Morgan fingerprint density at radius 1 is 1.19 bits per heavy atom. The standard InChI is InChI=1S/C20H19IN2O3S/c1-4-23-19(24)17(27-20(23)22-14-8-6-5-7-9-14)12-13-10-15(21)18(26-3)16(11-13)25-2/h5-12H,4H2,1-3H3/b17-12-,22-20?. The lowest BCUT2D eigenvalue weighted by molar-refractivity contribution is -0.122. The molecule has 1 amide bonds. The maximum absolute atomic E-state index is 12.8. The van der Waals surface area contributed by atoms with Crippen LogP contribution >= 0.6 is 34.4 Å². The number of halogens is 1. The van der Waals surface area contributed by atoms with Crippen LogP contribution in [0.4, 0.5) is 5.69 Å². The zero-order chi connectivity index (χ0) is 19.4. The monoisotopic (exact) mass is 494 g/mol. The first-order valence-corrected chi connectivity index (χ1v) is 10.2. The second-order valence-electron chi connectivity index (χ2n) is 5.63. The summed E-state index contributed by atoms with van der Waals surface area (Å²) in [5.41, 5.74) is 1.71. The van der Waals surface area contributed by atoms with Crippen LogP contribution in [0.2, 0.25) is 0 Å². The smallest absolute Gasteiger partial charge is 0.266 e. The molecule has 2 aromatic carbocycles. The molecule has 7 heteroatoms. The van der Waals surface area contributed by atoms with Crippen LogP contribution in [0.3, 0.4) is 0 Å². The van der Waals surface area contributed by atoms with Crippen molar-refractivity contribution in [2.24, 2.45) is 4.99 Å². The van der Waals surface area contributed by atoms with Gasteiger partial charge in [-0.3, -0.25) is 9.69 Å². The van der Waals surface area contributed by atoms with Gasteiger partial charge in [-0.2, -0.15) is 0 Å². The first-order valence-electron chi connectivity index (χ1n) is 8.34. The number of nitrogens with zero attached hydrogens (tertiary/aromatic N) is 2. The quantitative estimate of drug-likeness (QED) is 0.437. The van der Waals surface area contributed by atoms with E-state index in [4.69, 9.17) is 9.47 Å². The second kappa shape index (κ2) is 8.79. The van der Waals surface area contributed by atoms with E-state index in [0.717, 1.165) is 14.8 Å². The molecule has 0 aliphatic carbocycles. The van der Waals surface area contributed by atoms with Gasteiger partial charge in [0.05, 0.1) is 28.4 Å². The molecule has 1 aliphatic rings. The van der Waals surface area contributed by atoms with Gasteiger partial charge >= 0.3 is 0 Å². The third-order valence-corrected chi connectivity index (χ3v) is 5.75. The molecule has 1 saturated heterocycles. The Labute approximate surface area is 176 Å². The number of thioether (sulfide) groups is 1. The van der Waals surface area contributed by atoms with Gasteiger partial charge in [0.2, 0.25) is 0 Å². The van der Waals surface area contributed by atoms with Gasteiger partial charge in [0.15, 0.2) is 16.7 Å². The zero-order valence-corrected chi connectivity index (χ0v) is 18.2. The molecule has 3 rings (SSSR count). The molecule has 0 radical (unpaired) electrons. The van der Waals surface area contributed by atoms with Crippen LogP contribution in [0.15, 0.2) is 52.4 Å². The summed E-state index contributed by atoms with van der Waals surface area (Å²) < 4.78 is 11.7. The maximum Gasteiger partial charge on any atom is 0.266 e. The normalized spacial score (nSPS) is 17.0. The third kappa shape index (κ3) is 4.30. The summed E-state index contributed by atoms with van der Waals surface area (Å²) in [6.45, 7) is 2.51. The number of para-hydroxylation sites is 1. The van der Waals surface area contributed by atoms with E-state index in [-0.39, 0.29) is 5.91 Å². The minimum Gasteiger partial charge on any atom is -0.493 e. The van der Waals surface area contributed by atoms with E-state index < -0.39 is 0 Å². The maximum atomic E-state index is 12.8. The second-order valence-corrected chi connectivity index (χ2v) is 7.80. The number of hydrogen-bond donors (Lipinski definition) is 0. The lowest BCUT2D eigenvalue weighted by atomic mass is 10.2. The molecular formula is C20H19IN2O3S. The van der Waals surface area contributed by atoms with E-state index >= 15 is 0 Å². The van der Waals surface area contributed by atoms with E-state index in [1.807, 2.05) is 55.5 Å². The molecular weight excluding hydrogens is 475 g/mol. The van der Waals surface area contributed by atoms with E-state index in [2.05, 4.69) is 27.6 Å². The highest BCUT2D eigenvalue weighted by Crippen LogP contribution is 2.37. The van der Waals surface area contributed by atoms with Crippen LogP contribution in [0, 0.1) is 3.57 Å². The number of carbonyl (C=O) groups excluding carboxylic acids is 1. The molecule has 0 saturated carbocycles. The Bertz CT molecular complexity index is 913. The van der Waals surface area contributed by atoms with E-state index in [9.17, 15) is 4.79 Å². The van der Waals surface area contributed by atoms with Crippen molar-refractivity contribution >= 4 is 57.2 Å². The number of aliphatic imine (C=N–C) groups is 1. The van der Waals surface area contributed by atoms with Gasteiger partial charge in [-0.25, -0.2) is 4.99 Å². The molecule has 140 valence electrons. The summed E-state index contributed by atoms with van der Waals surface area (Å²) >= 11 is 3.58. The van der Waals surface area contributed by atoms with Gasteiger partial charge in [-0.15, -0.1) is 0 Å². The fraction of sp³-hybridized carbons (Fsp3) is 0.200. The van der Waals surface area contributed by atoms with Crippen LogP contribution in [0.5, 0.6) is 11.5 Å². The number of hydrogen-bond acceptors (Lipinski definition) is 5. The van der Waals surface area contributed by atoms with Gasteiger partial charge in [0.25, 0.3) is 5.91 Å². The van der Waals surface area contributed by atoms with Crippen molar-refractivity contribution < 1.29 is 14.3 Å². The summed E-state index contributed by atoms with van der Waals surface area (Å²) in [5.74, 6) is 1.28. The minimum absolute atomic E-state index is 0.0398. The van der Waals surface area contributed by atoms with Gasteiger partial charge in [-0.05, 0) is 77.2 Å². The van der Waals surface area contributed by atoms with Crippen LogP contribution in [0.1, 0.15) is 12.5 Å². The zero-order valence-electron chi connectivity index (χ0n) is 15.2. The highest BCUT2D eigenvalue weighted by atomic mass is 127. The SMILES string of the molecule is CCN1C(=O)/C(=C/c2cc(I)c(OC)c(OC)c2)SC1=Nc1ccccc1. The Morgan fingerprint density at radius 3 is 2.56 bits per heavy atom. The van der Waals surface area contributed by atoms with Crippen molar-refractivity contribution in [2.45, 2.75) is 6.92 Å². The lowest BCUT2D eigenvalue weighted by Gasteiger charge is -2.12. The number of likely N-dealkylation sites (N-methyl/N-ethyl adjacent to an activating group) is 1. The first kappa shape index (κ1) is 19.8. The molecule has 0 N–H and O–H groups in total. The molecule has 27 heavy (non-hydrogen) atoms. The van der Waals surface area contributed by atoms with E-state index in [1.165, 1.54) is 11.8 Å².